The van der Waals surface area contributed by atoms with Crippen molar-refractivity contribution in [3.63, 3.8) is 0 Å². The lowest BCUT2D eigenvalue weighted by atomic mass is 10.1. The average Bonchev–Trinajstić information content (AvgIpc) is 2.80. The number of carbonyl (C=O) groups excluding carboxylic acids is 2. The van der Waals surface area contributed by atoms with Crippen LogP contribution in [0.25, 0.3) is 0 Å². The van der Waals surface area contributed by atoms with Gasteiger partial charge in [-0.3, -0.25) is 9.10 Å². The van der Waals surface area contributed by atoms with E-state index in [2.05, 4.69) is 5.32 Å². The zero-order valence-electron chi connectivity index (χ0n) is 17.4. The summed E-state index contributed by atoms with van der Waals surface area (Å²) in [6.45, 7) is 1.95. The first-order valence-corrected chi connectivity index (χ1v) is 11.5. The molecule has 3 aromatic carbocycles. The second-order valence-electron chi connectivity index (χ2n) is 6.70. The number of benzene rings is 3. The number of halogens is 1. The van der Waals surface area contributed by atoms with Crippen LogP contribution in [-0.4, -0.2) is 33.9 Å². The number of rotatable bonds is 7. The van der Waals surface area contributed by atoms with E-state index in [1.165, 1.54) is 49.5 Å². The zero-order chi connectivity index (χ0) is 23.3. The van der Waals surface area contributed by atoms with E-state index in [-0.39, 0.29) is 22.1 Å². The Balaban J connectivity index is 1.74. The molecule has 32 heavy (non-hydrogen) atoms. The van der Waals surface area contributed by atoms with Crippen LogP contribution in [0.1, 0.15) is 27.6 Å². The average molecular weight is 473 g/mol. The molecule has 1 N–H and O–H groups in total. The van der Waals surface area contributed by atoms with E-state index >= 15 is 0 Å². The van der Waals surface area contributed by atoms with Crippen molar-refractivity contribution in [1.29, 1.82) is 0 Å². The molecule has 0 unspecified atom stereocenters. The van der Waals surface area contributed by atoms with Gasteiger partial charge in [-0.05, 0) is 61.5 Å². The van der Waals surface area contributed by atoms with Gasteiger partial charge in [-0.2, -0.15) is 0 Å². The Morgan fingerprint density at radius 1 is 0.969 bits per heavy atom. The fourth-order valence-corrected chi connectivity index (χ4v) is 4.31. The molecule has 3 rings (SSSR count). The fourth-order valence-electron chi connectivity index (χ4n) is 2.86. The van der Waals surface area contributed by atoms with Crippen LogP contribution in [0.5, 0.6) is 0 Å². The van der Waals surface area contributed by atoms with Crippen LogP contribution >= 0.6 is 11.6 Å². The molecule has 0 spiro atoms. The van der Waals surface area contributed by atoms with E-state index in [0.29, 0.717) is 16.9 Å². The molecule has 0 aromatic heterocycles. The molecule has 0 heterocycles. The van der Waals surface area contributed by atoms with E-state index < -0.39 is 21.9 Å². The third-order valence-electron chi connectivity index (χ3n) is 4.62. The Bertz CT molecular complexity index is 1230. The van der Waals surface area contributed by atoms with Crippen molar-refractivity contribution in [3.05, 3.63) is 88.9 Å². The van der Waals surface area contributed by atoms with E-state index in [9.17, 15) is 18.0 Å². The number of esters is 1. The Hall–Kier alpha value is -3.36. The van der Waals surface area contributed by atoms with Crippen molar-refractivity contribution in [3.8, 4) is 0 Å². The number of anilines is 2. The van der Waals surface area contributed by atoms with Crippen molar-refractivity contribution in [2.75, 3.05) is 23.3 Å². The molecule has 166 valence electrons. The summed E-state index contributed by atoms with van der Waals surface area (Å²) in [4.78, 5) is 24.6. The van der Waals surface area contributed by atoms with Gasteiger partial charge < -0.3 is 10.1 Å². The summed E-state index contributed by atoms with van der Waals surface area (Å²) < 4.78 is 31.6. The Labute approximate surface area is 191 Å². The minimum atomic E-state index is -3.72. The number of sulfonamides is 1. The summed E-state index contributed by atoms with van der Waals surface area (Å²) in [5.74, 6) is -0.937. The SMILES string of the molecule is CCOC(=O)c1ccc(NC(=O)c2ccc(N(C)S(=O)(=O)c3ccccc3)cc2)c(Cl)c1. The van der Waals surface area contributed by atoms with Gasteiger partial charge in [0.05, 0.1) is 33.5 Å². The first-order chi connectivity index (χ1) is 15.2. The molecule has 0 aliphatic heterocycles. The summed E-state index contributed by atoms with van der Waals surface area (Å²) in [6.07, 6.45) is 0. The third kappa shape index (κ3) is 5.09. The summed E-state index contributed by atoms with van der Waals surface area (Å²) in [5, 5.41) is 2.86. The number of ether oxygens (including phenoxy) is 1. The van der Waals surface area contributed by atoms with Crippen LogP contribution in [0.3, 0.4) is 0 Å². The zero-order valence-corrected chi connectivity index (χ0v) is 19.0. The molecule has 9 heteroatoms. The Morgan fingerprint density at radius 3 is 2.19 bits per heavy atom. The smallest absolute Gasteiger partial charge is 0.338 e. The molecule has 3 aromatic rings. The maximum Gasteiger partial charge on any atom is 0.338 e. The van der Waals surface area contributed by atoms with Gasteiger partial charge in [0, 0.05) is 12.6 Å². The van der Waals surface area contributed by atoms with Crippen LogP contribution in [0.4, 0.5) is 11.4 Å². The van der Waals surface area contributed by atoms with Crippen LogP contribution in [0.2, 0.25) is 5.02 Å². The molecule has 0 atom stereocenters. The van der Waals surface area contributed by atoms with Crippen molar-refractivity contribution in [1.82, 2.24) is 0 Å². The standard InChI is InChI=1S/C23H21ClN2O5S/c1-3-31-23(28)17-11-14-21(20(24)15-17)25-22(27)16-9-12-18(13-10-16)26(2)32(29,30)19-7-5-4-6-8-19/h4-15H,3H2,1-2H3,(H,25,27). The van der Waals surface area contributed by atoms with E-state index in [0.717, 1.165) is 4.31 Å². The highest BCUT2D eigenvalue weighted by molar-refractivity contribution is 7.92. The van der Waals surface area contributed by atoms with Crippen molar-refractivity contribution in [2.45, 2.75) is 11.8 Å². The molecule has 0 fully saturated rings. The molecule has 0 radical (unpaired) electrons. The van der Waals surface area contributed by atoms with E-state index in [1.807, 2.05) is 0 Å². The molecule has 0 saturated heterocycles. The number of hydrogen-bond acceptors (Lipinski definition) is 5. The van der Waals surface area contributed by atoms with Gasteiger partial charge in [-0.15, -0.1) is 0 Å². The topological polar surface area (TPSA) is 92.8 Å². The minimum Gasteiger partial charge on any atom is -0.462 e. The van der Waals surface area contributed by atoms with Crippen LogP contribution in [0.15, 0.2) is 77.7 Å². The molecule has 0 aliphatic carbocycles. The predicted octanol–water partition coefficient (Wildman–Crippen LogP) is 4.59. The summed E-state index contributed by atoms with van der Waals surface area (Å²) >= 11 is 6.18. The van der Waals surface area contributed by atoms with Gasteiger partial charge in [-0.25, -0.2) is 13.2 Å². The van der Waals surface area contributed by atoms with E-state index in [4.69, 9.17) is 16.3 Å². The first-order valence-electron chi connectivity index (χ1n) is 9.66. The highest BCUT2D eigenvalue weighted by Gasteiger charge is 2.21. The molecule has 1 amide bonds. The van der Waals surface area contributed by atoms with Gasteiger partial charge in [-0.1, -0.05) is 29.8 Å². The monoisotopic (exact) mass is 472 g/mol. The third-order valence-corrected chi connectivity index (χ3v) is 6.74. The summed E-state index contributed by atoms with van der Waals surface area (Å²) in [6, 6.07) is 18.6. The Kier molecular flexibility index (Phi) is 7.17. The highest BCUT2D eigenvalue weighted by Crippen LogP contribution is 2.25. The lowest BCUT2D eigenvalue weighted by molar-refractivity contribution is 0.0526. The molecular formula is C23H21ClN2O5S. The maximum absolute atomic E-state index is 12.7. The molecule has 0 bridgehead atoms. The minimum absolute atomic E-state index is 0.172. The second kappa shape index (κ2) is 9.84. The molecular weight excluding hydrogens is 452 g/mol. The molecule has 0 aliphatic rings. The highest BCUT2D eigenvalue weighted by atomic mass is 35.5. The number of carbonyl (C=O) groups is 2. The normalized spacial score (nSPS) is 11.0. The number of nitrogens with one attached hydrogen (secondary N) is 1. The van der Waals surface area contributed by atoms with Crippen LogP contribution in [-0.2, 0) is 14.8 Å². The Morgan fingerprint density at radius 2 is 1.59 bits per heavy atom. The predicted molar refractivity (Wildman–Crippen MR) is 124 cm³/mol. The first kappa shape index (κ1) is 23.3. The van der Waals surface area contributed by atoms with Gasteiger partial charge in [0.25, 0.3) is 15.9 Å². The number of amides is 1. The molecule has 0 saturated carbocycles. The summed E-state index contributed by atoms with van der Waals surface area (Å²) in [5.41, 5.74) is 1.33. The number of hydrogen-bond donors (Lipinski definition) is 1. The van der Waals surface area contributed by atoms with Crippen molar-refractivity contribution in [2.24, 2.45) is 0 Å². The van der Waals surface area contributed by atoms with Crippen molar-refractivity contribution >= 4 is 44.9 Å². The maximum atomic E-state index is 12.7. The van der Waals surface area contributed by atoms with Gasteiger partial charge in [0.1, 0.15) is 0 Å². The molecule has 7 nitrogen and oxygen atoms in total. The van der Waals surface area contributed by atoms with Gasteiger partial charge in [0.15, 0.2) is 0 Å². The van der Waals surface area contributed by atoms with Gasteiger partial charge >= 0.3 is 5.97 Å². The fraction of sp³-hybridized carbons (Fsp3) is 0.130. The van der Waals surface area contributed by atoms with E-state index in [1.54, 1.807) is 37.3 Å². The summed E-state index contributed by atoms with van der Waals surface area (Å²) in [7, 11) is -2.27. The number of nitrogens with zero attached hydrogens (tertiary/aromatic N) is 1. The lowest BCUT2D eigenvalue weighted by Gasteiger charge is -2.19. The largest absolute Gasteiger partial charge is 0.462 e. The second-order valence-corrected chi connectivity index (χ2v) is 9.08. The van der Waals surface area contributed by atoms with Gasteiger partial charge in [0.2, 0.25) is 0 Å². The lowest BCUT2D eigenvalue weighted by Crippen LogP contribution is -2.26. The van der Waals surface area contributed by atoms with Crippen LogP contribution < -0.4 is 9.62 Å². The van der Waals surface area contributed by atoms with Crippen molar-refractivity contribution < 1.29 is 22.7 Å². The quantitative estimate of drug-likeness (QED) is 0.507. The van der Waals surface area contributed by atoms with Crippen LogP contribution in [0, 0.1) is 0 Å².